The van der Waals surface area contributed by atoms with Gasteiger partial charge in [-0.15, -0.1) is 11.3 Å². The van der Waals surface area contributed by atoms with E-state index in [4.69, 9.17) is 4.42 Å². The molecule has 2 heterocycles. The van der Waals surface area contributed by atoms with Crippen LogP contribution < -0.4 is 0 Å². The molecular weight excluding hydrogens is 308 g/mol. The minimum absolute atomic E-state index is 0.165. The zero-order valence-electron chi connectivity index (χ0n) is 14.4. The highest BCUT2D eigenvalue weighted by molar-refractivity contribution is 7.09. The van der Waals surface area contributed by atoms with Gasteiger partial charge in [-0.1, -0.05) is 6.07 Å². The Labute approximate surface area is 142 Å². The lowest BCUT2D eigenvalue weighted by Gasteiger charge is -2.33. The second kappa shape index (κ2) is 8.31. The molecule has 0 aliphatic rings. The number of amides is 1. The topological polar surface area (TPSA) is 36.7 Å². The van der Waals surface area contributed by atoms with E-state index in [1.807, 2.05) is 23.1 Å². The first kappa shape index (κ1) is 17.8. The highest BCUT2D eigenvalue weighted by Gasteiger charge is 2.23. The molecule has 2 aromatic rings. The number of nitrogens with zero attached hydrogens (tertiary/aromatic N) is 2. The van der Waals surface area contributed by atoms with Crippen LogP contribution in [0, 0.1) is 0 Å². The molecule has 2 rings (SSSR count). The van der Waals surface area contributed by atoms with Crippen LogP contribution in [0.5, 0.6) is 0 Å². The summed E-state index contributed by atoms with van der Waals surface area (Å²) in [5.41, 5.74) is 0. The van der Waals surface area contributed by atoms with Gasteiger partial charge in [0.25, 0.3) is 0 Å². The molecule has 0 aliphatic carbocycles. The van der Waals surface area contributed by atoms with Crippen molar-refractivity contribution < 1.29 is 9.21 Å². The van der Waals surface area contributed by atoms with Crippen molar-refractivity contribution in [3.63, 3.8) is 0 Å². The molecule has 0 unspecified atom stereocenters. The lowest BCUT2D eigenvalue weighted by molar-refractivity contribution is -0.136. The quantitative estimate of drug-likeness (QED) is 0.732. The van der Waals surface area contributed by atoms with Crippen molar-refractivity contribution in [2.75, 3.05) is 6.54 Å². The molecule has 1 amide bonds. The maximum Gasteiger partial charge on any atom is 0.237 e. The zero-order valence-corrected chi connectivity index (χ0v) is 15.2. The van der Waals surface area contributed by atoms with Gasteiger partial charge in [0.15, 0.2) is 0 Å². The van der Waals surface area contributed by atoms with Crippen LogP contribution >= 0.6 is 11.3 Å². The van der Waals surface area contributed by atoms with Gasteiger partial charge in [-0.25, -0.2) is 0 Å². The van der Waals surface area contributed by atoms with Gasteiger partial charge in [0.1, 0.15) is 5.76 Å². The van der Waals surface area contributed by atoms with E-state index in [0.29, 0.717) is 13.1 Å². The molecular formula is C18H26N2O2S. The van der Waals surface area contributed by atoms with Crippen molar-refractivity contribution in [2.45, 2.75) is 52.9 Å². The van der Waals surface area contributed by atoms with E-state index in [-0.39, 0.29) is 18.0 Å². The standard InChI is InChI=1S/C18H26N2O2S/c1-14(2)20(15(3)4)18(21)13-19(11-16-7-5-9-22-16)12-17-8-6-10-23-17/h5-10,14-15H,11-13H2,1-4H3. The second-order valence-corrected chi connectivity index (χ2v) is 7.32. The number of carbonyl (C=O) groups is 1. The van der Waals surface area contributed by atoms with Crippen LogP contribution in [0.25, 0.3) is 0 Å². The third-order valence-corrected chi connectivity index (χ3v) is 4.54. The average molecular weight is 334 g/mol. The zero-order chi connectivity index (χ0) is 16.8. The lowest BCUT2D eigenvalue weighted by Crippen LogP contribution is -2.46. The summed E-state index contributed by atoms with van der Waals surface area (Å²) in [4.78, 5) is 18.1. The van der Waals surface area contributed by atoms with Gasteiger partial charge in [-0.05, 0) is 51.3 Å². The molecule has 0 spiro atoms. The van der Waals surface area contributed by atoms with E-state index in [0.717, 1.165) is 12.3 Å². The predicted molar refractivity (Wildman–Crippen MR) is 94.3 cm³/mol. The summed E-state index contributed by atoms with van der Waals surface area (Å²) in [6.45, 7) is 10.0. The number of carbonyl (C=O) groups excluding carboxylic acids is 1. The Hall–Kier alpha value is -1.59. The van der Waals surface area contributed by atoms with Crippen molar-refractivity contribution in [3.05, 3.63) is 46.5 Å². The van der Waals surface area contributed by atoms with E-state index < -0.39 is 0 Å². The Kier molecular flexibility index (Phi) is 6.42. The van der Waals surface area contributed by atoms with Crippen molar-refractivity contribution in [3.8, 4) is 0 Å². The Morgan fingerprint density at radius 1 is 1.13 bits per heavy atom. The summed E-state index contributed by atoms with van der Waals surface area (Å²) in [7, 11) is 0. The van der Waals surface area contributed by atoms with Gasteiger partial charge >= 0.3 is 0 Å². The monoisotopic (exact) mass is 334 g/mol. The van der Waals surface area contributed by atoms with Crippen LogP contribution in [0.3, 0.4) is 0 Å². The largest absolute Gasteiger partial charge is 0.468 e. The summed E-state index contributed by atoms with van der Waals surface area (Å²) < 4.78 is 5.46. The summed E-state index contributed by atoms with van der Waals surface area (Å²) in [5.74, 6) is 1.05. The van der Waals surface area contributed by atoms with Gasteiger partial charge in [0, 0.05) is 23.5 Å². The third-order valence-electron chi connectivity index (χ3n) is 3.68. The molecule has 0 fully saturated rings. The first-order chi connectivity index (χ1) is 11.0. The van der Waals surface area contributed by atoms with E-state index in [1.165, 1.54) is 4.88 Å². The van der Waals surface area contributed by atoms with E-state index in [1.54, 1.807) is 17.6 Å². The Morgan fingerprint density at radius 2 is 1.87 bits per heavy atom. The molecule has 0 N–H and O–H groups in total. The fourth-order valence-corrected chi connectivity index (χ4v) is 3.60. The lowest BCUT2D eigenvalue weighted by atomic mass is 10.2. The molecule has 0 aromatic carbocycles. The molecule has 0 radical (unpaired) electrons. The summed E-state index contributed by atoms with van der Waals surface area (Å²) in [6.07, 6.45) is 1.68. The summed E-state index contributed by atoms with van der Waals surface area (Å²) in [5, 5.41) is 2.07. The van der Waals surface area contributed by atoms with Crippen LogP contribution in [-0.2, 0) is 17.9 Å². The van der Waals surface area contributed by atoms with Crippen LogP contribution in [0.4, 0.5) is 0 Å². The molecule has 126 valence electrons. The van der Waals surface area contributed by atoms with Crippen LogP contribution in [-0.4, -0.2) is 34.3 Å². The Morgan fingerprint density at radius 3 is 2.39 bits per heavy atom. The smallest absolute Gasteiger partial charge is 0.237 e. The first-order valence-electron chi connectivity index (χ1n) is 8.05. The molecule has 0 saturated heterocycles. The molecule has 0 bridgehead atoms. The highest BCUT2D eigenvalue weighted by Crippen LogP contribution is 2.16. The Bertz CT molecular complexity index is 532. The number of furan rings is 1. The first-order valence-corrected chi connectivity index (χ1v) is 8.93. The highest BCUT2D eigenvalue weighted by atomic mass is 32.1. The molecule has 0 atom stereocenters. The number of hydrogen-bond acceptors (Lipinski definition) is 4. The van der Waals surface area contributed by atoms with Gasteiger partial charge in [0.05, 0.1) is 19.4 Å². The molecule has 0 saturated carbocycles. The van der Waals surface area contributed by atoms with Gasteiger partial charge in [-0.3, -0.25) is 9.69 Å². The van der Waals surface area contributed by atoms with Crippen molar-refractivity contribution in [1.29, 1.82) is 0 Å². The van der Waals surface area contributed by atoms with Gasteiger partial charge in [0.2, 0.25) is 5.91 Å². The normalized spacial score (nSPS) is 11.6. The Balaban J connectivity index is 2.08. The number of rotatable bonds is 8. The van der Waals surface area contributed by atoms with Crippen LogP contribution in [0.15, 0.2) is 40.3 Å². The van der Waals surface area contributed by atoms with Gasteiger partial charge in [-0.2, -0.15) is 0 Å². The third kappa shape index (κ3) is 5.22. The minimum Gasteiger partial charge on any atom is -0.468 e. The van der Waals surface area contributed by atoms with Crippen LogP contribution in [0.1, 0.15) is 38.3 Å². The molecule has 4 nitrogen and oxygen atoms in total. The minimum atomic E-state index is 0.165. The van der Waals surface area contributed by atoms with E-state index in [2.05, 4.69) is 44.0 Å². The molecule has 23 heavy (non-hydrogen) atoms. The van der Waals surface area contributed by atoms with Crippen molar-refractivity contribution in [2.24, 2.45) is 0 Å². The molecule has 5 heteroatoms. The van der Waals surface area contributed by atoms with Crippen LogP contribution in [0.2, 0.25) is 0 Å². The fraction of sp³-hybridized carbons (Fsp3) is 0.500. The second-order valence-electron chi connectivity index (χ2n) is 6.29. The fourth-order valence-electron chi connectivity index (χ4n) is 2.86. The average Bonchev–Trinajstić information content (AvgIpc) is 3.11. The predicted octanol–water partition coefficient (Wildman–Crippen LogP) is 3.99. The summed E-state index contributed by atoms with van der Waals surface area (Å²) in [6, 6.07) is 8.39. The SMILES string of the molecule is CC(C)N(C(=O)CN(Cc1ccco1)Cc1cccs1)C(C)C. The van der Waals surface area contributed by atoms with Crippen molar-refractivity contribution in [1.82, 2.24) is 9.80 Å². The van der Waals surface area contributed by atoms with E-state index >= 15 is 0 Å². The van der Waals surface area contributed by atoms with E-state index in [9.17, 15) is 4.79 Å². The summed E-state index contributed by atoms with van der Waals surface area (Å²) >= 11 is 1.71. The maximum atomic E-state index is 12.8. The van der Waals surface area contributed by atoms with Crippen molar-refractivity contribution >= 4 is 17.2 Å². The number of thiophene rings is 1. The van der Waals surface area contributed by atoms with Gasteiger partial charge < -0.3 is 9.32 Å². The molecule has 2 aromatic heterocycles. The maximum absolute atomic E-state index is 12.8. The number of hydrogen-bond donors (Lipinski definition) is 0. The molecule has 0 aliphatic heterocycles.